The molecule has 4 heteroatoms. The van der Waals surface area contributed by atoms with Crippen LogP contribution in [0.3, 0.4) is 0 Å². The average molecular weight is 265 g/mol. The monoisotopic (exact) mass is 265 g/mol. The van der Waals surface area contributed by atoms with E-state index in [0.717, 1.165) is 5.56 Å². The molecule has 0 radical (unpaired) electrons. The van der Waals surface area contributed by atoms with Gasteiger partial charge in [-0.25, -0.2) is 4.39 Å². The van der Waals surface area contributed by atoms with Crippen LogP contribution in [0.1, 0.15) is 31.4 Å². The molecule has 1 amide bonds. The van der Waals surface area contributed by atoms with Gasteiger partial charge in [0.2, 0.25) is 5.91 Å². The van der Waals surface area contributed by atoms with Crippen LogP contribution in [0.15, 0.2) is 18.2 Å². The van der Waals surface area contributed by atoms with E-state index in [0.29, 0.717) is 18.5 Å². The van der Waals surface area contributed by atoms with Gasteiger partial charge in [-0.2, -0.15) is 0 Å². The molecule has 0 saturated carbocycles. The van der Waals surface area contributed by atoms with Gasteiger partial charge in [-0.05, 0) is 44.4 Å². The first-order valence-corrected chi connectivity index (χ1v) is 6.53. The third-order valence-corrected chi connectivity index (χ3v) is 3.74. The maximum Gasteiger partial charge on any atom is 0.227 e. The molecule has 0 aromatic heterocycles. The number of rotatable bonds is 2. The zero-order valence-corrected chi connectivity index (χ0v) is 11.6. The third-order valence-electron chi connectivity index (χ3n) is 3.74. The largest absolute Gasteiger partial charge is 0.391 e. The van der Waals surface area contributed by atoms with Gasteiger partial charge in [-0.15, -0.1) is 0 Å². The molecule has 1 fully saturated rings. The summed E-state index contributed by atoms with van der Waals surface area (Å²) < 4.78 is 13.2. The Hall–Kier alpha value is -1.42. The van der Waals surface area contributed by atoms with Crippen molar-refractivity contribution in [3.05, 3.63) is 35.1 Å². The highest BCUT2D eigenvalue weighted by molar-refractivity contribution is 5.80. The van der Waals surface area contributed by atoms with Crippen LogP contribution in [0, 0.1) is 12.7 Å². The van der Waals surface area contributed by atoms with E-state index >= 15 is 0 Å². The fourth-order valence-electron chi connectivity index (χ4n) is 2.74. The normalized spacial score (nSPS) is 21.7. The Balaban J connectivity index is 2.11. The topological polar surface area (TPSA) is 40.5 Å². The number of hydrogen-bond acceptors (Lipinski definition) is 2. The molecule has 1 aliphatic rings. The molecule has 0 bridgehead atoms. The summed E-state index contributed by atoms with van der Waals surface area (Å²) in [7, 11) is 0. The van der Waals surface area contributed by atoms with Crippen molar-refractivity contribution in [2.75, 3.05) is 6.54 Å². The van der Waals surface area contributed by atoms with E-state index in [2.05, 4.69) is 0 Å². The summed E-state index contributed by atoms with van der Waals surface area (Å²) in [5.41, 5.74) is 1.04. The van der Waals surface area contributed by atoms with Crippen molar-refractivity contribution in [1.29, 1.82) is 0 Å². The SMILES string of the molecule is Cc1cc(CC(=O)N2CC(O)CC2(C)C)ccc1F. The van der Waals surface area contributed by atoms with E-state index in [4.69, 9.17) is 0 Å². The van der Waals surface area contributed by atoms with E-state index in [1.54, 1.807) is 24.0 Å². The molecule has 1 N–H and O–H groups in total. The van der Waals surface area contributed by atoms with E-state index in [-0.39, 0.29) is 23.7 Å². The summed E-state index contributed by atoms with van der Waals surface area (Å²) in [6.45, 7) is 5.98. The predicted octanol–water partition coefficient (Wildman–Crippen LogP) is 2.05. The highest BCUT2D eigenvalue weighted by Crippen LogP contribution is 2.29. The molecular weight excluding hydrogens is 245 g/mol. The van der Waals surface area contributed by atoms with Crippen molar-refractivity contribution in [2.24, 2.45) is 0 Å². The van der Waals surface area contributed by atoms with E-state index < -0.39 is 6.10 Å². The molecule has 1 aromatic carbocycles. The lowest BCUT2D eigenvalue weighted by Gasteiger charge is -2.31. The number of β-amino-alcohol motifs (C(OH)–C–C–N with tert-alkyl or cyclic N) is 1. The number of nitrogens with zero attached hydrogens (tertiary/aromatic N) is 1. The summed E-state index contributed by atoms with van der Waals surface area (Å²) in [6, 6.07) is 4.73. The highest BCUT2D eigenvalue weighted by atomic mass is 19.1. The summed E-state index contributed by atoms with van der Waals surface area (Å²) >= 11 is 0. The van der Waals surface area contributed by atoms with Crippen LogP contribution in [0.4, 0.5) is 4.39 Å². The molecule has 1 unspecified atom stereocenters. The van der Waals surface area contributed by atoms with Gasteiger partial charge < -0.3 is 10.0 Å². The minimum atomic E-state index is -0.450. The standard InChI is InChI=1S/C15H20FNO2/c1-10-6-11(4-5-13(10)16)7-14(19)17-9-12(18)8-15(17,2)3/h4-6,12,18H,7-9H2,1-3H3. The first-order chi connectivity index (χ1) is 8.79. The summed E-state index contributed by atoms with van der Waals surface area (Å²) in [4.78, 5) is 14.0. The van der Waals surface area contributed by atoms with Gasteiger partial charge >= 0.3 is 0 Å². The zero-order valence-electron chi connectivity index (χ0n) is 11.6. The lowest BCUT2D eigenvalue weighted by atomic mass is 10.0. The molecule has 104 valence electrons. The first-order valence-electron chi connectivity index (χ1n) is 6.53. The Kier molecular flexibility index (Phi) is 3.63. The molecule has 1 atom stereocenters. The Morgan fingerprint density at radius 2 is 2.21 bits per heavy atom. The van der Waals surface area contributed by atoms with Crippen LogP contribution in [-0.2, 0) is 11.2 Å². The quantitative estimate of drug-likeness (QED) is 0.889. The number of amides is 1. The first kappa shape index (κ1) is 14.0. The molecule has 1 saturated heterocycles. The van der Waals surface area contributed by atoms with E-state index in [9.17, 15) is 14.3 Å². The average Bonchev–Trinajstić information content (AvgIpc) is 2.57. The Bertz CT molecular complexity index is 499. The fourth-order valence-corrected chi connectivity index (χ4v) is 2.74. The second kappa shape index (κ2) is 4.93. The van der Waals surface area contributed by atoms with Crippen molar-refractivity contribution in [3.63, 3.8) is 0 Å². The van der Waals surface area contributed by atoms with Gasteiger partial charge in [0.1, 0.15) is 5.82 Å². The third kappa shape index (κ3) is 2.95. The van der Waals surface area contributed by atoms with Crippen molar-refractivity contribution < 1.29 is 14.3 Å². The van der Waals surface area contributed by atoms with Gasteiger partial charge in [0.25, 0.3) is 0 Å². The highest BCUT2D eigenvalue weighted by Gasteiger charge is 2.40. The summed E-state index contributed by atoms with van der Waals surface area (Å²) in [5.74, 6) is -0.277. The van der Waals surface area contributed by atoms with Crippen molar-refractivity contribution in [1.82, 2.24) is 4.90 Å². The molecule has 19 heavy (non-hydrogen) atoms. The van der Waals surface area contributed by atoms with E-state index in [1.807, 2.05) is 13.8 Å². The second-order valence-corrected chi connectivity index (χ2v) is 5.94. The molecule has 0 spiro atoms. The minimum absolute atomic E-state index is 0.0208. The lowest BCUT2D eigenvalue weighted by Crippen LogP contribution is -2.43. The van der Waals surface area contributed by atoms with Crippen LogP contribution in [0.25, 0.3) is 0 Å². The number of aliphatic hydroxyl groups excluding tert-OH is 1. The van der Waals surface area contributed by atoms with Gasteiger partial charge in [-0.3, -0.25) is 4.79 Å². The van der Waals surface area contributed by atoms with Crippen LogP contribution in [0.5, 0.6) is 0 Å². The van der Waals surface area contributed by atoms with Crippen molar-refractivity contribution in [2.45, 2.75) is 45.3 Å². The Morgan fingerprint density at radius 3 is 2.74 bits per heavy atom. The number of hydrogen-bond donors (Lipinski definition) is 1. The second-order valence-electron chi connectivity index (χ2n) is 5.94. The van der Waals surface area contributed by atoms with Gasteiger partial charge in [-0.1, -0.05) is 12.1 Å². The van der Waals surface area contributed by atoms with E-state index in [1.165, 1.54) is 6.07 Å². The van der Waals surface area contributed by atoms with Crippen LogP contribution >= 0.6 is 0 Å². The number of benzene rings is 1. The predicted molar refractivity (Wildman–Crippen MR) is 71.3 cm³/mol. The van der Waals surface area contributed by atoms with Crippen LogP contribution < -0.4 is 0 Å². The van der Waals surface area contributed by atoms with Gasteiger partial charge in [0.05, 0.1) is 12.5 Å². The number of aliphatic hydroxyl groups is 1. The molecule has 1 heterocycles. The van der Waals surface area contributed by atoms with Crippen LogP contribution in [0.2, 0.25) is 0 Å². The number of likely N-dealkylation sites (tertiary alicyclic amines) is 1. The molecule has 1 aliphatic heterocycles. The molecular formula is C15H20FNO2. The lowest BCUT2D eigenvalue weighted by molar-refractivity contribution is -0.133. The van der Waals surface area contributed by atoms with Gasteiger partial charge in [0, 0.05) is 12.1 Å². The number of carbonyl (C=O) groups excluding carboxylic acids is 1. The maximum absolute atomic E-state index is 13.2. The van der Waals surface area contributed by atoms with Crippen molar-refractivity contribution in [3.8, 4) is 0 Å². The van der Waals surface area contributed by atoms with Crippen molar-refractivity contribution >= 4 is 5.91 Å². The molecule has 0 aliphatic carbocycles. The summed E-state index contributed by atoms with van der Waals surface area (Å²) in [5, 5.41) is 9.69. The number of halogens is 1. The van der Waals surface area contributed by atoms with Gasteiger partial charge in [0.15, 0.2) is 0 Å². The molecule has 1 aromatic rings. The number of carbonyl (C=O) groups is 1. The maximum atomic E-state index is 13.2. The smallest absolute Gasteiger partial charge is 0.227 e. The zero-order chi connectivity index (χ0) is 14.2. The molecule has 2 rings (SSSR count). The summed E-state index contributed by atoms with van der Waals surface area (Å²) in [6.07, 6.45) is 0.396. The molecule has 3 nitrogen and oxygen atoms in total. The Morgan fingerprint density at radius 1 is 1.53 bits per heavy atom. The minimum Gasteiger partial charge on any atom is -0.391 e. The number of aryl methyl sites for hydroxylation is 1. The fraction of sp³-hybridized carbons (Fsp3) is 0.533. The Labute approximate surface area is 113 Å². The van der Waals surface area contributed by atoms with Crippen LogP contribution in [-0.4, -0.2) is 34.1 Å².